The van der Waals surface area contributed by atoms with Gasteiger partial charge >= 0.3 is 5.97 Å². The molecule has 1 unspecified atom stereocenters. The fourth-order valence-electron chi connectivity index (χ4n) is 3.47. The topological polar surface area (TPSA) is 74.2 Å². The zero-order valence-electron chi connectivity index (χ0n) is 16.8. The number of hydrogen-bond acceptors (Lipinski definition) is 6. The predicted molar refractivity (Wildman–Crippen MR) is 105 cm³/mol. The van der Waals surface area contributed by atoms with Crippen LogP contribution in [0.5, 0.6) is 5.75 Å². The maximum Gasteiger partial charge on any atom is 0.339 e. The number of fused-ring (bicyclic) bond motifs is 2. The van der Waals surface area contributed by atoms with Gasteiger partial charge in [-0.15, -0.1) is 0 Å². The third-order valence-electron chi connectivity index (χ3n) is 4.81. The van der Waals surface area contributed by atoms with E-state index < -0.39 is 18.0 Å². The Hall–Kier alpha value is -2.15. The van der Waals surface area contributed by atoms with Crippen LogP contribution < -0.4 is 4.74 Å². The largest absolute Gasteiger partial charge is 0.497 e. The van der Waals surface area contributed by atoms with E-state index in [9.17, 15) is 9.90 Å². The maximum atomic E-state index is 12.6. The summed E-state index contributed by atoms with van der Waals surface area (Å²) in [6, 6.07) is 5.25. The summed E-state index contributed by atoms with van der Waals surface area (Å²) in [5.41, 5.74) is 1.19. The van der Waals surface area contributed by atoms with E-state index in [4.69, 9.17) is 18.9 Å². The number of aliphatic hydroxyl groups is 1. The second kappa shape index (κ2) is 8.47. The monoisotopic (exact) mass is 388 g/mol. The van der Waals surface area contributed by atoms with Crippen LogP contribution in [0.1, 0.15) is 49.5 Å². The van der Waals surface area contributed by atoms with Gasteiger partial charge in [-0.2, -0.15) is 0 Å². The average Bonchev–Trinajstić information content (AvgIpc) is 2.95. The molecule has 0 bridgehead atoms. The lowest BCUT2D eigenvalue weighted by molar-refractivity contribution is -0.152. The highest BCUT2D eigenvalue weighted by molar-refractivity contribution is 5.94. The molecule has 28 heavy (non-hydrogen) atoms. The molecule has 0 amide bonds. The van der Waals surface area contributed by atoms with Crippen molar-refractivity contribution in [3.05, 3.63) is 47.6 Å². The Balaban J connectivity index is 1.94. The Morgan fingerprint density at radius 2 is 1.96 bits per heavy atom. The fraction of sp³-hybridized carbons (Fsp3) is 0.500. The molecule has 0 saturated carbocycles. The molecule has 2 aliphatic rings. The summed E-state index contributed by atoms with van der Waals surface area (Å²) in [5, 5.41) is 10.5. The molecular weight excluding hydrogens is 360 g/mol. The summed E-state index contributed by atoms with van der Waals surface area (Å²) in [5.74, 6) is -0.497. The second-order valence-corrected chi connectivity index (χ2v) is 7.60. The van der Waals surface area contributed by atoms with Gasteiger partial charge in [0.1, 0.15) is 24.1 Å². The number of rotatable bonds is 1. The molecule has 0 spiro atoms. The van der Waals surface area contributed by atoms with Crippen LogP contribution in [0.3, 0.4) is 0 Å². The van der Waals surface area contributed by atoms with Gasteiger partial charge in [0.15, 0.2) is 5.79 Å². The van der Waals surface area contributed by atoms with Crippen LogP contribution in [0.4, 0.5) is 0 Å². The van der Waals surface area contributed by atoms with Crippen molar-refractivity contribution in [2.24, 2.45) is 0 Å². The molecule has 1 fully saturated rings. The van der Waals surface area contributed by atoms with E-state index in [2.05, 4.69) is 0 Å². The molecule has 1 aromatic carbocycles. The number of carbonyl (C=O) groups is 1. The van der Waals surface area contributed by atoms with Crippen molar-refractivity contribution in [3.63, 3.8) is 0 Å². The number of esters is 1. The number of aliphatic hydroxyl groups excluding tert-OH is 1. The minimum atomic E-state index is -0.807. The summed E-state index contributed by atoms with van der Waals surface area (Å²) in [4.78, 5) is 12.6. The van der Waals surface area contributed by atoms with Crippen molar-refractivity contribution in [3.8, 4) is 5.75 Å². The summed E-state index contributed by atoms with van der Waals surface area (Å²) >= 11 is 0. The Morgan fingerprint density at radius 1 is 1.18 bits per heavy atom. The van der Waals surface area contributed by atoms with Crippen molar-refractivity contribution >= 4 is 12.0 Å². The first-order valence-electron chi connectivity index (χ1n) is 9.55. The fourth-order valence-corrected chi connectivity index (χ4v) is 3.47. The Kier molecular flexibility index (Phi) is 6.23. The predicted octanol–water partition coefficient (Wildman–Crippen LogP) is 3.48. The third-order valence-corrected chi connectivity index (χ3v) is 4.81. The van der Waals surface area contributed by atoms with Crippen molar-refractivity contribution in [1.82, 2.24) is 0 Å². The van der Waals surface area contributed by atoms with Crippen molar-refractivity contribution in [2.45, 2.75) is 63.8 Å². The molecule has 1 saturated heterocycles. The van der Waals surface area contributed by atoms with E-state index in [1.165, 1.54) is 0 Å². The first-order chi connectivity index (χ1) is 13.3. The molecule has 3 rings (SSSR count). The normalized spacial score (nSPS) is 32.4. The van der Waals surface area contributed by atoms with Gasteiger partial charge in [-0.05, 0) is 51.0 Å². The Labute approximate surface area is 165 Å². The Bertz CT molecular complexity index is 766. The molecule has 1 N–H and O–H groups in total. The number of cyclic esters (lactones) is 1. The van der Waals surface area contributed by atoms with Gasteiger partial charge in [0.05, 0.1) is 18.8 Å². The molecular formula is C22H28O6. The van der Waals surface area contributed by atoms with Crippen LogP contribution in [0.25, 0.3) is 6.08 Å². The van der Waals surface area contributed by atoms with Gasteiger partial charge in [-0.25, -0.2) is 4.79 Å². The van der Waals surface area contributed by atoms with Crippen LogP contribution in [0, 0.1) is 0 Å². The van der Waals surface area contributed by atoms with Crippen molar-refractivity contribution in [1.29, 1.82) is 0 Å². The van der Waals surface area contributed by atoms with Crippen molar-refractivity contribution < 1.29 is 28.8 Å². The van der Waals surface area contributed by atoms with Crippen LogP contribution in [0.15, 0.2) is 36.4 Å². The van der Waals surface area contributed by atoms with Crippen LogP contribution in [-0.4, -0.2) is 48.4 Å². The quantitative estimate of drug-likeness (QED) is 0.586. The summed E-state index contributed by atoms with van der Waals surface area (Å²) in [6.07, 6.45) is 6.38. The Morgan fingerprint density at radius 3 is 2.71 bits per heavy atom. The summed E-state index contributed by atoms with van der Waals surface area (Å²) < 4.78 is 22.7. The molecule has 6 heteroatoms. The summed E-state index contributed by atoms with van der Waals surface area (Å²) in [6.45, 7) is 5.49. The SMILES string of the molecule is COc1ccc2c(c1)/C=C/C[C@@H]1OC(C)(C)O[C@@H]1C(O)/C=C\C[C@H](C)OC2=O. The molecule has 6 nitrogen and oxygen atoms in total. The van der Waals surface area contributed by atoms with Gasteiger partial charge < -0.3 is 24.1 Å². The average molecular weight is 388 g/mol. The highest BCUT2D eigenvalue weighted by atomic mass is 16.8. The minimum Gasteiger partial charge on any atom is -0.497 e. The smallest absolute Gasteiger partial charge is 0.339 e. The molecule has 152 valence electrons. The number of hydrogen-bond donors (Lipinski definition) is 1. The lowest BCUT2D eigenvalue weighted by atomic mass is 10.0. The zero-order valence-corrected chi connectivity index (χ0v) is 16.8. The molecule has 1 aromatic rings. The van der Waals surface area contributed by atoms with E-state index >= 15 is 0 Å². The highest BCUT2D eigenvalue weighted by Gasteiger charge is 2.43. The third kappa shape index (κ3) is 4.82. The molecule has 0 aromatic heterocycles. The number of carbonyl (C=O) groups excluding carboxylic acids is 1. The van der Waals surface area contributed by atoms with E-state index in [0.717, 1.165) is 0 Å². The van der Waals surface area contributed by atoms with Gasteiger partial charge in [-0.1, -0.05) is 24.3 Å². The molecule has 4 atom stereocenters. The van der Waals surface area contributed by atoms with Crippen LogP contribution >= 0.6 is 0 Å². The number of methoxy groups -OCH3 is 1. The van der Waals surface area contributed by atoms with Crippen LogP contribution in [0.2, 0.25) is 0 Å². The van der Waals surface area contributed by atoms with Crippen LogP contribution in [-0.2, 0) is 14.2 Å². The molecule has 2 heterocycles. The first-order valence-corrected chi connectivity index (χ1v) is 9.55. The standard InChI is InChI=1S/C22H28O6/c1-14-7-5-9-18(23)20-19(27-22(2,3)28-20)10-6-8-15-13-16(25-4)11-12-17(15)21(24)26-14/h5-6,8-9,11-14,18-20,23H,7,10H2,1-4H3/b8-6+,9-5-/t14-,18?,19-,20+/m0/s1. The minimum absolute atomic E-state index is 0.299. The van der Waals surface area contributed by atoms with Gasteiger partial charge in [0, 0.05) is 6.42 Å². The summed E-state index contributed by atoms with van der Waals surface area (Å²) in [7, 11) is 1.58. The lowest BCUT2D eigenvalue weighted by Crippen LogP contribution is -2.34. The number of benzene rings is 1. The van der Waals surface area contributed by atoms with E-state index in [-0.39, 0.29) is 18.2 Å². The first kappa shape index (κ1) is 20.6. The van der Waals surface area contributed by atoms with Gasteiger partial charge in [-0.3, -0.25) is 0 Å². The molecule has 0 radical (unpaired) electrons. The molecule has 0 aliphatic carbocycles. The number of ether oxygens (including phenoxy) is 4. The zero-order chi connectivity index (χ0) is 20.3. The molecule has 2 aliphatic heterocycles. The maximum absolute atomic E-state index is 12.6. The van der Waals surface area contributed by atoms with E-state index in [1.807, 2.05) is 39.0 Å². The lowest BCUT2D eigenvalue weighted by Gasteiger charge is -2.20. The van der Waals surface area contributed by atoms with Gasteiger partial charge in [0.25, 0.3) is 0 Å². The van der Waals surface area contributed by atoms with E-state index in [0.29, 0.717) is 29.7 Å². The van der Waals surface area contributed by atoms with Crippen molar-refractivity contribution in [2.75, 3.05) is 7.11 Å². The van der Waals surface area contributed by atoms with E-state index in [1.54, 1.807) is 31.4 Å². The van der Waals surface area contributed by atoms with Gasteiger partial charge in [0.2, 0.25) is 0 Å². The highest BCUT2D eigenvalue weighted by Crippen LogP contribution is 2.33. The second-order valence-electron chi connectivity index (χ2n) is 7.60.